The molecule has 7 saturated heterocycles. The van der Waals surface area contributed by atoms with Crippen LogP contribution in [0.25, 0.3) is 0 Å². The van der Waals surface area contributed by atoms with Gasteiger partial charge in [-0.1, -0.05) is 0 Å². The van der Waals surface area contributed by atoms with Crippen molar-refractivity contribution in [2.45, 2.75) is 221 Å². The van der Waals surface area contributed by atoms with Crippen LogP contribution in [0, 0.1) is 0 Å². The molecule has 0 aromatic rings. The summed E-state index contributed by atoms with van der Waals surface area (Å²) in [6.45, 7) is -8.51. The Morgan fingerprint density at radius 3 is 1.43 bits per heavy atom. The minimum atomic E-state index is -6.03. The Bertz CT molecular complexity index is 2560. The SMILES string of the molecule is N[C@@H]1[C@@H](O)[C@H](O)[C@@H](CO[C@@H]2O[C@H](CO[C@]3(C(=O)O)C[C@@H](OP(=O)(O)O)[C@@H](O[C@H]4O[C@H](CO)[C@@H](O[C@@H]5O[C@H](CO)[C@@H](O[C@H]6O[C@H](CO)[C@@H](O)[C@H](O[C@H]7O[C@H](CO)[C@@H](O)[C@H](O)[C@@H]7O)[C@H]6O)[C@H](O)[C@H]5O)[C@H](OP(=O)(O)O)[C@@H]4O)[C@@H]([C@H](O)CO)O3)[C@@H](OP(=O)(O)O)[C@H](O)[C@H]2N)O[C@@H]1O. The third kappa shape index (κ3) is 18.4. The second-order valence-corrected chi connectivity index (χ2v) is 26.0. The van der Waals surface area contributed by atoms with Gasteiger partial charge in [0.2, 0.25) is 0 Å². The molecule has 50 heteroatoms. The van der Waals surface area contributed by atoms with E-state index in [1.54, 1.807) is 0 Å². The van der Waals surface area contributed by atoms with E-state index in [1.165, 1.54) is 0 Å². The van der Waals surface area contributed by atoms with E-state index in [9.17, 15) is 145 Å². The van der Waals surface area contributed by atoms with Gasteiger partial charge < -0.3 is 199 Å². The monoisotopic (exact) mass is 1450 g/mol. The van der Waals surface area contributed by atoms with E-state index >= 15 is 0 Å². The van der Waals surface area contributed by atoms with Crippen LogP contribution >= 0.6 is 23.5 Å². The van der Waals surface area contributed by atoms with Crippen molar-refractivity contribution >= 4 is 29.4 Å². The van der Waals surface area contributed by atoms with Gasteiger partial charge in [-0.3, -0.25) is 13.6 Å². The van der Waals surface area contributed by atoms with Crippen LogP contribution in [-0.2, 0) is 93.6 Å². The number of aliphatic carboxylic acids is 1. The zero-order chi connectivity index (χ0) is 70.2. The number of ether oxygens (including phenoxy) is 13. The lowest BCUT2D eigenvalue weighted by molar-refractivity contribution is -0.394. The highest BCUT2D eigenvalue weighted by atomic mass is 31.2. The molecule has 7 heterocycles. The molecule has 0 aromatic heterocycles. The van der Waals surface area contributed by atoms with Gasteiger partial charge in [-0.2, -0.15) is 0 Å². The fraction of sp³-hybridized carbons (Fsp3) is 0.977. The first-order valence-corrected chi connectivity index (χ1v) is 32.7. The zero-order valence-corrected chi connectivity index (χ0v) is 50.8. The predicted molar refractivity (Wildman–Crippen MR) is 280 cm³/mol. The first-order chi connectivity index (χ1) is 43.7. The van der Waals surface area contributed by atoms with Crippen LogP contribution in [0.2, 0.25) is 0 Å². The molecule has 0 unspecified atom stereocenters. The Morgan fingerprint density at radius 1 is 0.447 bits per heavy atom. The molecule has 7 rings (SSSR count). The molecule has 94 heavy (non-hydrogen) atoms. The number of hydrogen-bond acceptors (Lipinski definition) is 40. The molecule has 47 nitrogen and oxygen atoms in total. The molecule has 35 atom stereocenters. The van der Waals surface area contributed by atoms with Gasteiger partial charge in [0.15, 0.2) is 37.7 Å². The second kappa shape index (κ2) is 32.6. The molecule has 0 radical (unpaired) electrons. The average molecular weight is 1450 g/mol. The third-order valence-corrected chi connectivity index (χ3v) is 17.6. The molecule has 7 aliphatic heterocycles. The summed E-state index contributed by atoms with van der Waals surface area (Å²) < 4.78 is 124. The van der Waals surface area contributed by atoms with Crippen LogP contribution in [0.5, 0.6) is 0 Å². The van der Waals surface area contributed by atoms with Gasteiger partial charge in [-0.15, -0.1) is 0 Å². The maximum Gasteiger partial charge on any atom is 0.470 e. The van der Waals surface area contributed by atoms with E-state index in [0.717, 1.165) is 0 Å². The Hall–Kier alpha value is -1.52. The fourth-order valence-electron chi connectivity index (χ4n) is 11.1. The normalized spacial score (nSPS) is 47.3. The standard InChI is InChI=1S/C44H79N2O45P3/c45-17-22(56)20(54)15(78-37(17)64)7-76-38-18(46)23(57)32(90-93(70,71)72)16(83-38)8-77-44(43(65)66)1-10(89-92(67,68)69)33(30(88-44)9(52)2-47)85-42-29(63)36(91-94(73,74)75)34(14(6-51)82-42)86-40-27(61)25(59)31(13(5-50)81-40)84-41-28(62)35(21(55)12(4-49)80-41)87-39-26(60)24(58)19(53)11(3-48)79-39/h9-42,47-64H,1-8,45-46H2,(H,65,66)(H2,67,68,69)(H2,70,71,72)(H2,73,74,75)/t9-,10-,11-,12-,13-,14-,15-,16-,17-,18-,19-,20-,21-,22-,23-,24+,25-,26+,27-,28-,29+,30-,31-,32-,33-,34-,35+,36-,37+,38-,39-,40+,41-,42-,44-/m1/s1. The van der Waals surface area contributed by atoms with Crippen molar-refractivity contribution in [3.05, 3.63) is 0 Å². The number of carboxylic acids is 1. The summed E-state index contributed by atoms with van der Waals surface area (Å²) in [5.74, 6) is -5.84. The van der Waals surface area contributed by atoms with Gasteiger partial charge in [0.25, 0.3) is 5.79 Å². The number of phosphoric ester groups is 3. The molecular weight excluding hydrogens is 1370 g/mol. The highest BCUT2D eigenvalue weighted by Gasteiger charge is 2.62. The van der Waals surface area contributed by atoms with E-state index in [2.05, 4.69) is 4.52 Å². The van der Waals surface area contributed by atoms with Crippen LogP contribution in [-0.4, -0.2) is 393 Å². The van der Waals surface area contributed by atoms with Gasteiger partial charge in [-0.25, -0.2) is 18.5 Å². The van der Waals surface area contributed by atoms with Crippen molar-refractivity contribution < 1.29 is 220 Å². The summed E-state index contributed by atoms with van der Waals surface area (Å²) in [5.41, 5.74) is 11.6. The number of hydrogen-bond donors (Lipinski definition) is 27. The smallest absolute Gasteiger partial charge is 0.470 e. The highest BCUT2D eigenvalue weighted by molar-refractivity contribution is 7.46. The lowest BCUT2D eigenvalue weighted by Crippen LogP contribution is -2.69. The van der Waals surface area contributed by atoms with Crippen molar-refractivity contribution in [1.82, 2.24) is 0 Å². The Labute approximate surface area is 527 Å². The molecule has 0 amide bonds. The number of carboxylic acid groups (broad SMARTS) is 1. The summed E-state index contributed by atoms with van der Waals surface area (Å²) >= 11 is 0. The van der Waals surface area contributed by atoms with E-state index in [-0.39, 0.29) is 0 Å². The lowest BCUT2D eigenvalue weighted by atomic mass is 9.91. The summed E-state index contributed by atoms with van der Waals surface area (Å²) in [7, 11) is -17.7. The van der Waals surface area contributed by atoms with E-state index in [1.807, 2.05) is 0 Å². The molecule has 7 fully saturated rings. The topological polar surface area (TPSA) is 774 Å². The Balaban J connectivity index is 1.11. The van der Waals surface area contributed by atoms with E-state index in [4.69, 9.17) is 82.1 Å². The summed E-state index contributed by atoms with van der Waals surface area (Å²) in [6, 6.07) is -3.40. The number of carbonyl (C=O) groups is 1. The molecule has 0 bridgehead atoms. The third-order valence-electron chi connectivity index (χ3n) is 16.0. The van der Waals surface area contributed by atoms with E-state index < -0.39 is 296 Å². The van der Waals surface area contributed by atoms with Crippen molar-refractivity contribution in [2.24, 2.45) is 11.5 Å². The Morgan fingerprint density at radius 2 is 0.894 bits per heavy atom. The minimum absolute atomic E-state index is 0.867. The second-order valence-electron chi connectivity index (χ2n) is 22.5. The lowest BCUT2D eigenvalue weighted by Gasteiger charge is -2.51. The van der Waals surface area contributed by atoms with Crippen LogP contribution < -0.4 is 11.5 Å². The van der Waals surface area contributed by atoms with Crippen LogP contribution in [0.4, 0.5) is 0 Å². The number of nitrogens with two attached hydrogens (primary N) is 2. The number of phosphoric acid groups is 3. The average Bonchev–Trinajstić information content (AvgIpc) is 0.757. The molecule has 550 valence electrons. The molecule has 0 spiro atoms. The summed E-state index contributed by atoms with van der Waals surface area (Å²) in [6.07, 6.45) is -72.0. The fourth-order valence-corrected chi connectivity index (χ4v) is 12.8. The zero-order valence-electron chi connectivity index (χ0n) is 48.1. The molecule has 29 N–H and O–H groups in total. The van der Waals surface area contributed by atoms with Gasteiger partial charge in [-0.05, 0) is 0 Å². The first-order valence-electron chi connectivity index (χ1n) is 28.1. The minimum Gasteiger partial charge on any atom is -0.477 e. The van der Waals surface area contributed by atoms with Crippen LogP contribution in [0.1, 0.15) is 6.42 Å². The van der Waals surface area contributed by atoms with Gasteiger partial charge in [0, 0.05) is 6.42 Å². The Kier molecular flexibility index (Phi) is 27.7. The molecule has 0 aromatic carbocycles. The molecule has 7 aliphatic rings. The van der Waals surface area contributed by atoms with Crippen molar-refractivity contribution in [3.8, 4) is 0 Å². The van der Waals surface area contributed by atoms with E-state index in [0.29, 0.717) is 0 Å². The first kappa shape index (κ1) is 79.8. The predicted octanol–water partition coefficient (Wildman–Crippen LogP) is -16.1. The molecule has 0 saturated carbocycles. The van der Waals surface area contributed by atoms with Crippen molar-refractivity contribution in [2.75, 3.05) is 46.2 Å². The van der Waals surface area contributed by atoms with Crippen molar-refractivity contribution in [1.29, 1.82) is 0 Å². The van der Waals surface area contributed by atoms with Gasteiger partial charge in [0.05, 0.1) is 58.3 Å². The van der Waals surface area contributed by atoms with Gasteiger partial charge >= 0.3 is 29.4 Å². The van der Waals surface area contributed by atoms with Crippen LogP contribution in [0.15, 0.2) is 0 Å². The summed E-state index contributed by atoms with van der Waals surface area (Å²) in [4.78, 5) is 73.4. The maximum atomic E-state index is 13.4. The molecular formula is C44H79N2O45P3. The van der Waals surface area contributed by atoms with Gasteiger partial charge in [0.1, 0.15) is 159 Å². The largest absolute Gasteiger partial charge is 0.477 e. The number of aliphatic hydroxyl groups excluding tert-OH is 18. The number of aliphatic hydroxyl groups is 18. The number of rotatable bonds is 27. The van der Waals surface area contributed by atoms with Crippen LogP contribution in [0.3, 0.4) is 0 Å². The maximum absolute atomic E-state index is 13.4. The quantitative estimate of drug-likeness (QED) is 0.0340. The summed E-state index contributed by atoms with van der Waals surface area (Å²) in [5, 5.41) is 203. The highest BCUT2D eigenvalue weighted by Crippen LogP contribution is 2.49. The van der Waals surface area contributed by atoms with Crippen molar-refractivity contribution in [3.63, 3.8) is 0 Å². The molecule has 0 aliphatic carbocycles.